The summed E-state index contributed by atoms with van der Waals surface area (Å²) in [5, 5.41) is 1.11. The topological polar surface area (TPSA) is 71.1 Å². The predicted octanol–water partition coefficient (Wildman–Crippen LogP) is 2.56. The molecule has 25 heavy (non-hydrogen) atoms. The summed E-state index contributed by atoms with van der Waals surface area (Å²) in [5.74, 6) is 1.77. The fourth-order valence-electron chi connectivity index (χ4n) is 4.07. The van der Waals surface area contributed by atoms with Gasteiger partial charge in [0, 0.05) is 18.5 Å². The Hall–Kier alpha value is -1.99. The van der Waals surface area contributed by atoms with Gasteiger partial charge in [0.05, 0.1) is 18.7 Å². The molecule has 6 nitrogen and oxygen atoms in total. The summed E-state index contributed by atoms with van der Waals surface area (Å²) in [6.45, 7) is 5.11. The number of hydrogen-bond acceptors (Lipinski definition) is 6. The second-order valence-electron chi connectivity index (χ2n) is 6.81. The van der Waals surface area contributed by atoms with Crippen LogP contribution in [0.2, 0.25) is 0 Å². The summed E-state index contributed by atoms with van der Waals surface area (Å²) in [5.41, 5.74) is 3.50. The zero-order valence-electron chi connectivity index (χ0n) is 14.2. The maximum Gasteiger partial charge on any atom is 0.268 e. The Kier molecular flexibility index (Phi) is 3.53. The van der Waals surface area contributed by atoms with Gasteiger partial charge in [-0.15, -0.1) is 11.3 Å². The lowest BCUT2D eigenvalue weighted by molar-refractivity contribution is 0.122. The van der Waals surface area contributed by atoms with E-state index in [2.05, 4.69) is 14.9 Å². The molecule has 0 aromatic carbocycles. The lowest BCUT2D eigenvalue weighted by atomic mass is 9.90. The molecule has 3 aromatic heterocycles. The first-order valence-electron chi connectivity index (χ1n) is 8.90. The number of pyridine rings is 1. The van der Waals surface area contributed by atoms with E-state index in [0.717, 1.165) is 60.7 Å². The van der Waals surface area contributed by atoms with Crippen LogP contribution in [0.4, 0.5) is 5.82 Å². The molecule has 1 aliphatic carbocycles. The molecule has 4 heterocycles. The van der Waals surface area contributed by atoms with Gasteiger partial charge < -0.3 is 14.6 Å². The Balaban J connectivity index is 1.84. The van der Waals surface area contributed by atoms with Crippen molar-refractivity contribution in [2.75, 3.05) is 31.2 Å². The number of H-pyrrole nitrogens is 1. The second-order valence-corrected chi connectivity index (χ2v) is 7.81. The summed E-state index contributed by atoms with van der Waals surface area (Å²) < 4.78 is 6.20. The van der Waals surface area contributed by atoms with Crippen molar-refractivity contribution in [2.24, 2.45) is 0 Å². The molecule has 0 atom stereocenters. The van der Waals surface area contributed by atoms with Gasteiger partial charge in [0.25, 0.3) is 5.56 Å². The number of ether oxygens (including phenoxy) is 1. The largest absolute Gasteiger partial charge is 0.378 e. The maximum atomic E-state index is 12.4. The fourth-order valence-corrected chi connectivity index (χ4v) is 5.10. The first-order valence-corrected chi connectivity index (χ1v) is 9.71. The van der Waals surface area contributed by atoms with E-state index in [1.165, 1.54) is 35.3 Å². The SMILES string of the molecule is Cc1nc2c(sc3nc(N4CCOCC4)c4c(c32)CCCC4)c(=O)[nH]1. The lowest BCUT2D eigenvalue weighted by Crippen LogP contribution is -2.37. The van der Waals surface area contributed by atoms with Crippen molar-refractivity contribution in [2.45, 2.75) is 32.6 Å². The molecular weight excluding hydrogens is 336 g/mol. The van der Waals surface area contributed by atoms with Crippen LogP contribution in [0.5, 0.6) is 0 Å². The molecule has 0 unspecified atom stereocenters. The molecule has 1 fully saturated rings. The van der Waals surface area contributed by atoms with Crippen molar-refractivity contribution < 1.29 is 4.74 Å². The number of hydrogen-bond donors (Lipinski definition) is 1. The summed E-state index contributed by atoms with van der Waals surface area (Å²) in [6.07, 6.45) is 4.50. The smallest absolute Gasteiger partial charge is 0.268 e. The van der Waals surface area contributed by atoms with Crippen LogP contribution in [-0.4, -0.2) is 41.3 Å². The molecule has 0 saturated carbocycles. The van der Waals surface area contributed by atoms with Crippen LogP contribution in [0, 0.1) is 6.92 Å². The highest BCUT2D eigenvalue weighted by molar-refractivity contribution is 7.25. The molecule has 2 aliphatic rings. The minimum Gasteiger partial charge on any atom is -0.378 e. The van der Waals surface area contributed by atoms with Crippen molar-refractivity contribution in [1.29, 1.82) is 0 Å². The van der Waals surface area contributed by atoms with E-state index in [0.29, 0.717) is 10.5 Å². The van der Waals surface area contributed by atoms with Gasteiger partial charge in [-0.2, -0.15) is 0 Å². The second kappa shape index (κ2) is 5.78. The van der Waals surface area contributed by atoms with Gasteiger partial charge in [0.2, 0.25) is 0 Å². The highest BCUT2D eigenvalue weighted by Gasteiger charge is 2.26. The molecular formula is C18H20N4O2S. The van der Waals surface area contributed by atoms with Crippen molar-refractivity contribution in [3.05, 3.63) is 27.3 Å². The van der Waals surface area contributed by atoms with Crippen molar-refractivity contribution in [3.8, 4) is 0 Å². The Labute approximate surface area is 148 Å². The average Bonchev–Trinajstić information content (AvgIpc) is 3.01. The van der Waals surface area contributed by atoms with Gasteiger partial charge in [-0.3, -0.25) is 4.79 Å². The maximum absolute atomic E-state index is 12.4. The average molecular weight is 356 g/mol. The lowest BCUT2D eigenvalue weighted by Gasteiger charge is -2.31. The van der Waals surface area contributed by atoms with Crippen molar-refractivity contribution in [3.63, 3.8) is 0 Å². The summed E-state index contributed by atoms with van der Waals surface area (Å²) >= 11 is 1.47. The Morgan fingerprint density at radius 3 is 2.68 bits per heavy atom. The zero-order valence-corrected chi connectivity index (χ0v) is 15.0. The van der Waals surface area contributed by atoms with Crippen LogP contribution in [-0.2, 0) is 17.6 Å². The van der Waals surface area contributed by atoms with Crippen LogP contribution in [0.1, 0.15) is 29.8 Å². The number of nitrogens with zero attached hydrogens (tertiary/aromatic N) is 3. The minimum atomic E-state index is -0.0528. The van der Waals surface area contributed by atoms with E-state index < -0.39 is 0 Å². The van der Waals surface area contributed by atoms with Gasteiger partial charge >= 0.3 is 0 Å². The number of rotatable bonds is 1. The van der Waals surface area contributed by atoms with Gasteiger partial charge in [0.1, 0.15) is 21.2 Å². The molecule has 0 spiro atoms. The molecule has 1 N–H and O–H groups in total. The van der Waals surface area contributed by atoms with E-state index in [-0.39, 0.29) is 5.56 Å². The first-order chi connectivity index (χ1) is 12.2. The number of thiophene rings is 1. The van der Waals surface area contributed by atoms with Crippen molar-refractivity contribution in [1.82, 2.24) is 15.0 Å². The zero-order chi connectivity index (χ0) is 17.0. The number of fused-ring (bicyclic) bond motifs is 5. The van der Waals surface area contributed by atoms with Gasteiger partial charge in [0.15, 0.2) is 0 Å². The van der Waals surface area contributed by atoms with Gasteiger partial charge in [-0.25, -0.2) is 9.97 Å². The number of aryl methyl sites for hydroxylation is 2. The van der Waals surface area contributed by atoms with Crippen molar-refractivity contribution >= 4 is 37.6 Å². The van der Waals surface area contributed by atoms with Gasteiger partial charge in [-0.05, 0) is 43.7 Å². The van der Waals surface area contributed by atoms with Crippen LogP contribution >= 0.6 is 11.3 Å². The summed E-state index contributed by atoms with van der Waals surface area (Å²) in [6, 6.07) is 0. The molecule has 1 aliphatic heterocycles. The summed E-state index contributed by atoms with van der Waals surface area (Å²) in [4.78, 5) is 28.2. The molecule has 0 radical (unpaired) electrons. The monoisotopic (exact) mass is 356 g/mol. The van der Waals surface area contributed by atoms with Crippen LogP contribution in [0.15, 0.2) is 4.79 Å². The van der Waals surface area contributed by atoms with Crippen LogP contribution in [0.25, 0.3) is 20.4 Å². The minimum absolute atomic E-state index is 0.0528. The predicted molar refractivity (Wildman–Crippen MR) is 100.0 cm³/mol. The fraction of sp³-hybridized carbons (Fsp3) is 0.500. The Morgan fingerprint density at radius 1 is 1.12 bits per heavy atom. The van der Waals surface area contributed by atoms with Crippen LogP contribution in [0.3, 0.4) is 0 Å². The van der Waals surface area contributed by atoms with Gasteiger partial charge in [-0.1, -0.05) is 0 Å². The van der Waals surface area contributed by atoms with E-state index >= 15 is 0 Å². The molecule has 1 saturated heterocycles. The molecule has 5 rings (SSSR count). The van der Waals surface area contributed by atoms with E-state index in [1.807, 2.05) is 6.92 Å². The quantitative estimate of drug-likeness (QED) is 0.726. The van der Waals surface area contributed by atoms with Crippen LogP contribution < -0.4 is 10.5 Å². The highest BCUT2D eigenvalue weighted by Crippen LogP contribution is 2.40. The number of aromatic nitrogens is 3. The molecule has 0 bridgehead atoms. The molecule has 130 valence electrons. The Morgan fingerprint density at radius 2 is 1.88 bits per heavy atom. The summed E-state index contributed by atoms with van der Waals surface area (Å²) in [7, 11) is 0. The molecule has 0 amide bonds. The number of aromatic amines is 1. The molecule has 7 heteroatoms. The number of morpholine rings is 1. The number of nitrogens with one attached hydrogen (secondary N) is 1. The Bertz CT molecular complexity index is 1030. The standard InChI is InChI=1S/C18H20N4O2S/c1-10-19-14-13-11-4-2-3-5-12(11)16(22-6-8-24-9-7-22)21-18(13)25-15(14)17(23)20-10/h2-9H2,1H3,(H,19,20,23). The van der Waals surface area contributed by atoms with E-state index in [4.69, 9.17) is 9.72 Å². The third-order valence-electron chi connectivity index (χ3n) is 5.20. The molecule has 3 aromatic rings. The van der Waals surface area contributed by atoms with E-state index in [1.54, 1.807) is 0 Å². The third-order valence-corrected chi connectivity index (χ3v) is 6.27. The normalized spacial score (nSPS) is 18.0. The highest BCUT2D eigenvalue weighted by atomic mass is 32.1. The number of anilines is 1. The first kappa shape index (κ1) is 15.3. The third kappa shape index (κ3) is 2.37. The van der Waals surface area contributed by atoms with E-state index in [9.17, 15) is 4.79 Å².